The third kappa shape index (κ3) is 1.84. The van der Waals surface area contributed by atoms with Crippen LogP contribution in [-0.2, 0) is 4.79 Å². The predicted molar refractivity (Wildman–Crippen MR) is 50.0 cm³/mol. The standard InChI is InChI=1S/C9H17N3O/c1-5-3-11-4-6(5)9(13)12-8-2-7(8)10/h5-8,11H,2-4,10H2,1H3,(H,12,13)/t5-,6-,7?,8?/m1/s1. The van der Waals surface area contributed by atoms with E-state index in [2.05, 4.69) is 17.6 Å². The van der Waals surface area contributed by atoms with Crippen LogP contribution in [0.5, 0.6) is 0 Å². The lowest BCUT2D eigenvalue weighted by molar-refractivity contribution is -0.125. The smallest absolute Gasteiger partial charge is 0.224 e. The fourth-order valence-electron chi connectivity index (χ4n) is 1.83. The minimum atomic E-state index is 0.146. The number of carbonyl (C=O) groups excluding carboxylic acids is 1. The van der Waals surface area contributed by atoms with Crippen molar-refractivity contribution >= 4 is 5.91 Å². The van der Waals surface area contributed by atoms with Crippen LogP contribution >= 0.6 is 0 Å². The average molecular weight is 183 g/mol. The minimum Gasteiger partial charge on any atom is -0.351 e. The molecule has 4 heteroatoms. The largest absolute Gasteiger partial charge is 0.351 e. The van der Waals surface area contributed by atoms with Crippen molar-refractivity contribution in [1.29, 1.82) is 0 Å². The lowest BCUT2D eigenvalue weighted by Gasteiger charge is -2.13. The van der Waals surface area contributed by atoms with Crippen LogP contribution in [0.4, 0.5) is 0 Å². The predicted octanol–water partition coefficient (Wildman–Crippen LogP) is -0.942. The van der Waals surface area contributed by atoms with Crippen molar-refractivity contribution in [2.75, 3.05) is 13.1 Å². The molecule has 1 aliphatic carbocycles. The molecule has 0 aromatic carbocycles. The Balaban J connectivity index is 1.82. The van der Waals surface area contributed by atoms with Gasteiger partial charge in [0, 0.05) is 18.6 Å². The first kappa shape index (κ1) is 8.97. The zero-order chi connectivity index (χ0) is 9.42. The van der Waals surface area contributed by atoms with Crippen LogP contribution in [0.2, 0.25) is 0 Å². The van der Waals surface area contributed by atoms with Gasteiger partial charge < -0.3 is 16.4 Å². The number of hydrogen-bond acceptors (Lipinski definition) is 3. The summed E-state index contributed by atoms with van der Waals surface area (Å²) in [6.07, 6.45) is 0.945. The Morgan fingerprint density at radius 2 is 2.23 bits per heavy atom. The van der Waals surface area contributed by atoms with Gasteiger partial charge in [-0.25, -0.2) is 0 Å². The Morgan fingerprint density at radius 3 is 2.69 bits per heavy atom. The van der Waals surface area contributed by atoms with Crippen LogP contribution in [0.25, 0.3) is 0 Å². The highest BCUT2D eigenvalue weighted by Gasteiger charge is 2.38. The molecule has 0 aromatic rings. The Bertz CT molecular complexity index is 219. The van der Waals surface area contributed by atoms with E-state index in [-0.39, 0.29) is 23.9 Å². The highest BCUT2D eigenvalue weighted by Crippen LogP contribution is 2.21. The maximum absolute atomic E-state index is 11.6. The first-order valence-electron chi connectivity index (χ1n) is 4.95. The summed E-state index contributed by atoms with van der Waals surface area (Å²) in [4.78, 5) is 11.6. The second-order valence-electron chi connectivity index (χ2n) is 4.26. The van der Waals surface area contributed by atoms with Gasteiger partial charge in [-0.15, -0.1) is 0 Å². The number of nitrogens with two attached hydrogens (primary N) is 1. The van der Waals surface area contributed by atoms with Gasteiger partial charge in [0.15, 0.2) is 0 Å². The third-order valence-electron chi connectivity index (χ3n) is 3.02. The molecule has 13 heavy (non-hydrogen) atoms. The average Bonchev–Trinajstić information content (AvgIpc) is 2.62. The molecular weight excluding hydrogens is 166 g/mol. The zero-order valence-corrected chi connectivity index (χ0v) is 7.92. The molecule has 1 aliphatic heterocycles. The van der Waals surface area contributed by atoms with Gasteiger partial charge in [-0.2, -0.15) is 0 Å². The fraction of sp³-hybridized carbons (Fsp3) is 0.889. The summed E-state index contributed by atoms with van der Waals surface area (Å²) in [5.74, 6) is 0.776. The van der Waals surface area contributed by atoms with Crippen LogP contribution in [0.1, 0.15) is 13.3 Å². The van der Waals surface area contributed by atoms with E-state index in [4.69, 9.17) is 5.73 Å². The molecule has 1 saturated carbocycles. The SMILES string of the molecule is C[C@@H]1CNC[C@H]1C(=O)NC1CC1N. The second-order valence-corrected chi connectivity index (χ2v) is 4.26. The maximum atomic E-state index is 11.6. The van der Waals surface area contributed by atoms with E-state index in [1.165, 1.54) is 0 Å². The van der Waals surface area contributed by atoms with E-state index in [1.807, 2.05) is 0 Å². The monoisotopic (exact) mass is 183 g/mol. The van der Waals surface area contributed by atoms with Gasteiger partial charge in [0.1, 0.15) is 0 Å². The van der Waals surface area contributed by atoms with E-state index in [1.54, 1.807) is 0 Å². The molecule has 0 aromatic heterocycles. The van der Waals surface area contributed by atoms with Crippen molar-refractivity contribution < 1.29 is 4.79 Å². The van der Waals surface area contributed by atoms with Crippen molar-refractivity contribution in [1.82, 2.24) is 10.6 Å². The van der Waals surface area contributed by atoms with Gasteiger partial charge in [-0.1, -0.05) is 6.92 Å². The molecule has 0 spiro atoms. The van der Waals surface area contributed by atoms with Crippen molar-refractivity contribution in [2.45, 2.75) is 25.4 Å². The Hall–Kier alpha value is -0.610. The van der Waals surface area contributed by atoms with Crippen molar-refractivity contribution in [3.05, 3.63) is 0 Å². The molecule has 2 rings (SSSR count). The molecule has 1 saturated heterocycles. The van der Waals surface area contributed by atoms with E-state index in [0.29, 0.717) is 5.92 Å². The van der Waals surface area contributed by atoms with Crippen LogP contribution in [0.3, 0.4) is 0 Å². The molecule has 1 heterocycles. The lowest BCUT2D eigenvalue weighted by Crippen LogP contribution is -2.37. The molecule has 0 radical (unpaired) electrons. The minimum absolute atomic E-state index is 0.146. The topological polar surface area (TPSA) is 67.2 Å². The number of nitrogens with one attached hydrogen (secondary N) is 2. The molecule has 2 fully saturated rings. The number of amides is 1. The highest BCUT2D eigenvalue weighted by molar-refractivity contribution is 5.80. The summed E-state index contributed by atoms with van der Waals surface area (Å²) in [5.41, 5.74) is 5.62. The van der Waals surface area contributed by atoms with E-state index < -0.39 is 0 Å². The molecule has 2 aliphatic rings. The zero-order valence-electron chi connectivity index (χ0n) is 7.92. The first-order chi connectivity index (χ1) is 6.18. The van der Waals surface area contributed by atoms with Crippen molar-refractivity contribution in [2.24, 2.45) is 17.6 Å². The number of hydrogen-bond donors (Lipinski definition) is 3. The van der Waals surface area contributed by atoms with Crippen LogP contribution < -0.4 is 16.4 Å². The Labute approximate surface area is 78.2 Å². The van der Waals surface area contributed by atoms with Gasteiger partial charge in [-0.05, 0) is 18.9 Å². The first-order valence-corrected chi connectivity index (χ1v) is 4.95. The molecular formula is C9H17N3O. The van der Waals surface area contributed by atoms with Gasteiger partial charge in [0.05, 0.1) is 5.92 Å². The molecule has 4 nitrogen and oxygen atoms in total. The summed E-state index contributed by atoms with van der Waals surface area (Å²) in [5, 5.41) is 6.19. The summed E-state index contributed by atoms with van der Waals surface area (Å²) >= 11 is 0. The lowest BCUT2D eigenvalue weighted by atomic mass is 9.97. The highest BCUT2D eigenvalue weighted by atomic mass is 16.2. The summed E-state index contributed by atoms with van der Waals surface area (Å²) < 4.78 is 0. The quantitative estimate of drug-likeness (QED) is 0.517. The van der Waals surface area contributed by atoms with Gasteiger partial charge >= 0.3 is 0 Å². The normalized spacial score (nSPS) is 43.2. The van der Waals surface area contributed by atoms with Gasteiger partial charge in [0.2, 0.25) is 5.91 Å². The van der Waals surface area contributed by atoms with Crippen molar-refractivity contribution in [3.8, 4) is 0 Å². The number of carbonyl (C=O) groups is 1. The summed E-state index contributed by atoms with van der Waals surface area (Å²) in [6, 6.07) is 0.453. The third-order valence-corrected chi connectivity index (χ3v) is 3.02. The molecule has 1 amide bonds. The molecule has 0 bridgehead atoms. The number of rotatable bonds is 2. The van der Waals surface area contributed by atoms with Gasteiger partial charge in [-0.3, -0.25) is 4.79 Å². The summed E-state index contributed by atoms with van der Waals surface area (Å²) in [6.45, 7) is 3.88. The maximum Gasteiger partial charge on any atom is 0.224 e. The van der Waals surface area contributed by atoms with E-state index in [9.17, 15) is 4.79 Å². The molecule has 4 N–H and O–H groups in total. The van der Waals surface area contributed by atoms with Crippen molar-refractivity contribution in [3.63, 3.8) is 0 Å². The van der Waals surface area contributed by atoms with Crippen LogP contribution in [0, 0.1) is 11.8 Å². The van der Waals surface area contributed by atoms with E-state index in [0.717, 1.165) is 19.5 Å². The second kappa shape index (κ2) is 3.27. The Morgan fingerprint density at radius 1 is 1.54 bits per heavy atom. The van der Waals surface area contributed by atoms with Crippen LogP contribution in [-0.4, -0.2) is 31.1 Å². The summed E-state index contributed by atoms with van der Waals surface area (Å²) in [7, 11) is 0. The Kier molecular flexibility index (Phi) is 2.26. The molecule has 74 valence electrons. The van der Waals surface area contributed by atoms with Gasteiger partial charge in [0.25, 0.3) is 0 Å². The van der Waals surface area contributed by atoms with Crippen LogP contribution in [0.15, 0.2) is 0 Å². The molecule has 4 atom stereocenters. The van der Waals surface area contributed by atoms with E-state index >= 15 is 0 Å². The molecule has 2 unspecified atom stereocenters. The fourth-order valence-corrected chi connectivity index (χ4v) is 1.83.